The Morgan fingerprint density at radius 3 is 1.16 bits per heavy atom. The number of aromatic nitrogens is 4. The highest BCUT2D eigenvalue weighted by atomic mass is 15.1. The minimum Gasteiger partial charge on any atom is -0.309 e. The van der Waals surface area contributed by atoms with Crippen LogP contribution in [0.5, 0.6) is 0 Å². The van der Waals surface area contributed by atoms with E-state index in [4.69, 9.17) is 0 Å². The molecule has 0 spiro atoms. The van der Waals surface area contributed by atoms with Gasteiger partial charge in [0.2, 0.25) is 0 Å². The first-order valence-electron chi connectivity index (χ1n) is 20.0. The van der Waals surface area contributed by atoms with Crippen molar-refractivity contribution >= 4 is 87.2 Å². The molecule has 0 N–H and O–H groups in total. The van der Waals surface area contributed by atoms with Crippen LogP contribution < -0.4 is 0 Å². The van der Waals surface area contributed by atoms with Crippen molar-refractivity contribution in [2.45, 2.75) is 0 Å². The van der Waals surface area contributed by atoms with Crippen LogP contribution in [0.15, 0.2) is 206 Å². The standard InChI is InChI=1S/C54H34N4/c1-2-16-35(17-3-1)55-49-29-15-9-23-42(49)53-51(55)32-33-52(54(53)58-47-27-13-6-20-39(47)40-21-7-14-28-48(40)58)57-46-26-12-8-22-41(46)43-34-36(30-31-50(43)57)56-44-24-10-4-18-37(44)38-19-5-11-25-45(38)56/h1-34H. The molecule has 4 heterocycles. The molecule has 0 fully saturated rings. The molecule has 0 bridgehead atoms. The largest absolute Gasteiger partial charge is 0.309 e. The number of benzene rings is 9. The van der Waals surface area contributed by atoms with Gasteiger partial charge in [0.25, 0.3) is 0 Å². The third-order valence-electron chi connectivity index (χ3n) is 12.3. The van der Waals surface area contributed by atoms with E-state index in [9.17, 15) is 0 Å². The summed E-state index contributed by atoms with van der Waals surface area (Å²) in [5.74, 6) is 0. The van der Waals surface area contributed by atoms with E-state index in [1.54, 1.807) is 0 Å². The number of hydrogen-bond donors (Lipinski definition) is 0. The predicted molar refractivity (Wildman–Crippen MR) is 244 cm³/mol. The van der Waals surface area contributed by atoms with Crippen LogP contribution in [0.2, 0.25) is 0 Å². The lowest BCUT2D eigenvalue weighted by molar-refractivity contribution is 1.10. The first-order chi connectivity index (χ1) is 28.8. The van der Waals surface area contributed by atoms with E-state index in [0.29, 0.717) is 0 Å². The Kier molecular flexibility index (Phi) is 6.41. The van der Waals surface area contributed by atoms with Gasteiger partial charge in [-0.1, -0.05) is 127 Å². The third kappa shape index (κ3) is 4.18. The lowest BCUT2D eigenvalue weighted by atomic mass is 10.1. The fourth-order valence-corrected chi connectivity index (χ4v) is 10.0. The van der Waals surface area contributed by atoms with Gasteiger partial charge in [0.05, 0.1) is 55.5 Å². The normalized spacial score (nSPS) is 12.1. The lowest BCUT2D eigenvalue weighted by Gasteiger charge is -2.19. The van der Waals surface area contributed by atoms with Crippen molar-refractivity contribution in [3.63, 3.8) is 0 Å². The van der Waals surface area contributed by atoms with Crippen molar-refractivity contribution in [3.05, 3.63) is 206 Å². The number of hydrogen-bond acceptors (Lipinski definition) is 0. The van der Waals surface area contributed by atoms with Gasteiger partial charge in [-0.15, -0.1) is 0 Å². The van der Waals surface area contributed by atoms with E-state index >= 15 is 0 Å². The number of para-hydroxylation sites is 7. The van der Waals surface area contributed by atoms with Gasteiger partial charge in [-0.3, -0.25) is 0 Å². The summed E-state index contributed by atoms with van der Waals surface area (Å²) in [4.78, 5) is 0. The Bertz CT molecular complexity index is 3690. The summed E-state index contributed by atoms with van der Waals surface area (Å²) in [6.07, 6.45) is 0. The molecule has 0 saturated carbocycles. The second-order valence-corrected chi connectivity index (χ2v) is 15.3. The van der Waals surface area contributed by atoms with E-state index in [1.807, 2.05) is 0 Å². The average molecular weight is 739 g/mol. The van der Waals surface area contributed by atoms with Gasteiger partial charge >= 0.3 is 0 Å². The maximum absolute atomic E-state index is 2.52. The summed E-state index contributed by atoms with van der Waals surface area (Å²) in [5.41, 5.74) is 14.1. The summed E-state index contributed by atoms with van der Waals surface area (Å²) < 4.78 is 9.88. The first kappa shape index (κ1) is 31.4. The smallest absolute Gasteiger partial charge is 0.0803 e. The SMILES string of the molecule is c1ccc(-n2c3ccccc3c3c(-n4c5ccccc5c5ccccc54)c(-n4c5ccccc5c5cc(-n6c7ccccc7c7ccccc76)ccc54)ccc32)cc1. The molecule has 0 aliphatic carbocycles. The van der Waals surface area contributed by atoms with Gasteiger partial charge in [0.1, 0.15) is 0 Å². The maximum Gasteiger partial charge on any atom is 0.0803 e. The van der Waals surface area contributed by atoms with Crippen LogP contribution in [0.4, 0.5) is 0 Å². The van der Waals surface area contributed by atoms with Crippen LogP contribution in [0, 0.1) is 0 Å². The van der Waals surface area contributed by atoms with E-state index in [-0.39, 0.29) is 0 Å². The van der Waals surface area contributed by atoms with Crippen LogP contribution in [0.25, 0.3) is 110 Å². The molecule has 0 amide bonds. The molecule has 4 heteroatoms. The van der Waals surface area contributed by atoms with Crippen molar-refractivity contribution in [2.75, 3.05) is 0 Å². The van der Waals surface area contributed by atoms with Crippen LogP contribution in [0.3, 0.4) is 0 Å². The monoisotopic (exact) mass is 738 g/mol. The summed E-state index contributed by atoms with van der Waals surface area (Å²) in [6.45, 7) is 0. The third-order valence-corrected chi connectivity index (χ3v) is 12.3. The van der Waals surface area contributed by atoms with Crippen molar-refractivity contribution in [1.82, 2.24) is 18.3 Å². The summed E-state index contributed by atoms with van der Waals surface area (Å²) in [6, 6.07) is 75.5. The Labute approximate surface area is 333 Å². The zero-order valence-electron chi connectivity index (χ0n) is 31.4. The molecular formula is C54H34N4. The minimum atomic E-state index is 1.13. The highest BCUT2D eigenvalue weighted by molar-refractivity contribution is 6.19. The highest BCUT2D eigenvalue weighted by Crippen LogP contribution is 2.45. The molecule has 9 aromatic carbocycles. The Balaban J connectivity index is 1.19. The second kappa shape index (κ2) is 11.8. The fraction of sp³-hybridized carbons (Fsp3) is 0. The Morgan fingerprint density at radius 2 is 0.603 bits per heavy atom. The first-order valence-corrected chi connectivity index (χ1v) is 20.0. The average Bonchev–Trinajstić information content (AvgIpc) is 4.01. The topological polar surface area (TPSA) is 19.7 Å². The number of fused-ring (bicyclic) bond motifs is 12. The Hall–Kier alpha value is -7.82. The maximum atomic E-state index is 2.52. The van der Waals surface area contributed by atoms with Gasteiger partial charge in [0, 0.05) is 54.5 Å². The summed E-state index contributed by atoms with van der Waals surface area (Å²) in [5, 5.41) is 9.89. The zero-order valence-corrected chi connectivity index (χ0v) is 31.4. The van der Waals surface area contributed by atoms with E-state index in [0.717, 1.165) is 22.7 Å². The summed E-state index contributed by atoms with van der Waals surface area (Å²) in [7, 11) is 0. The molecule has 0 unspecified atom stereocenters. The molecule has 4 aromatic heterocycles. The van der Waals surface area contributed by atoms with Crippen molar-refractivity contribution in [2.24, 2.45) is 0 Å². The minimum absolute atomic E-state index is 1.13. The van der Waals surface area contributed by atoms with Gasteiger partial charge < -0.3 is 18.3 Å². The van der Waals surface area contributed by atoms with Crippen molar-refractivity contribution < 1.29 is 0 Å². The fourth-order valence-electron chi connectivity index (χ4n) is 10.0. The van der Waals surface area contributed by atoms with Crippen molar-refractivity contribution in [3.8, 4) is 22.7 Å². The molecule has 4 nitrogen and oxygen atoms in total. The Morgan fingerprint density at radius 1 is 0.224 bits per heavy atom. The molecule has 0 saturated heterocycles. The molecule has 58 heavy (non-hydrogen) atoms. The van der Waals surface area contributed by atoms with E-state index < -0.39 is 0 Å². The molecule has 0 aliphatic heterocycles. The molecule has 13 aromatic rings. The van der Waals surface area contributed by atoms with E-state index in [1.165, 1.54) is 87.2 Å². The quantitative estimate of drug-likeness (QED) is 0.171. The van der Waals surface area contributed by atoms with Crippen LogP contribution in [0.1, 0.15) is 0 Å². The van der Waals surface area contributed by atoms with Crippen LogP contribution in [-0.4, -0.2) is 18.3 Å². The van der Waals surface area contributed by atoms with Gasteiger partial charge in [-0.2, -0.15) is 0 Å². The molecule has 0 aliphatic rings. The number of rotatable bonds is 4. The second-order valence-electron chi connectivity index (χ2n) is 15.3. The van der Waals surface area contributed by atoms with Gasteiger partial charge in [0.15, 0.2) is 0 Å². The lowest BCUT2D eigenvalue weighted by Crippen LogP contribution is -2.05. The highest BCUT2D eigenvalue weighted by Gasteiger charge is 2.25. The summed E-state index contributed by atoms with van der Waals surface area (Å²) >= 11 is 0. The number of nitrogens with zero attached hydrogens (tertiary/aromatic N) is 4. The van der Waals surface area contributed by atoms with Crippen molar-refractivity contribution in [1.29, 1.82) is 0 Å². The van der Waals surface area contributed by atoms with Crippen LogP contribution >= 0.6 is 0 Å². The van der Waals surface area contributed by atoms with Crippen LogP contribution in [-0.2, 0) is 0 Å². The molecule has 270 valence electrons. The predicted octanol–water partition coefficient (Wildman–Crippen LogP) is 14.1. The van der Waals surface area contributed by atoms with Gasteiger partial charge in [-0.05, 0) is 78.9 Å². The van der Waals surface area contributed by atoms with E-state index in [2.05, 4.69) is 225 Å². The van der Waals surface area contributed by atoms with Gasteiger partial charge in [-0.25, -0.2) is 0 Å². The zero-order chi connectivity index (χ0) is 37.9. The molecule has 0 atom stereocenters. The molecule has 13 rings (SSSR count). The molecular weight excluding hydrogens is 705 g/mol. The molecule has 0 radical (unpaired) electrons.